The van der Waals surface area contributed by atoms with Gasteiger partial charge in [-0.15, -0.1) is 0 Å². The fourth-order valence-electron chi connectivity index (χ4n) is 1.04. The number of carbonyl (C=O) groups is 1. The number of halogens is 1. The van der Waals surface area contributed by atoms with E-state index in [9.17, 15) is 4.79 Å². The van der Waals surface area contributed by atoms with E-state index < -0.39 is 6.61 Å². The molecule has 0 aliphatic carbocycles. The Bertz CT molecular complexity index is 336. The highest BCUT2D eigenvalue weighted by Gasteiger charge is 2.07. The Morgan fingerprint density at radius 2 is 2.29 bits per heavy atom. The molecule has 0 aliphatic heterocycles. The molecule has 0 radical (unpaired) electrons. The third-order valence-corrected chi connectivity index (χ3v) is 1.99. The van der Waals surface area contributed by atoms with Gasteiger partial charge < -0.3 is 9.84 Å². The van der Waals surface area contributed by atoms with Gasteiger partial charge in [0.25, 0.3) is 0 Å². The van der Waals surface area contributed by atoms with E-state index in [0.717, 1.165) is 0 Å². The van der Waals surface area contributed by atoms with Crippen molar-refractivity contribution in [1.82, 2.24) is 0 Å². The first-order valence-corrected chi connectivity index (χ1v) is 4.63. The summed E-state index contributed by atoms with van der Waals surface area (Å²) in [6, 6.07) is 4.69. The molecule has 0 heterocycles. The molecule has 0 saturated carbocycles. The number of carbonyl (C=O) groups excluding carboxylic acids is 1. The van der Waals surface area contributed by atoms with Crippen molar-refractivity contribution < 1.29 is 14.6 Å². The molecular weight excluding hydrogens is 204 g/mol. The van der Waals surface area contributed by atoms with Gasteiger partial charge in [-0.2, -0.15) is 0 Å². The molecule has 3 nitrogen and oxygen atoms in total. The lowest BCUT2D eigenvalue weighted by Crippen LogP contribution is -2.04. The molecule has 0 fully saturated rings. The van der Waals surface area contributed by atoms with Crippen molar-refractivity contribution in [3.8, 4) is 5.75 Å². The third-order valence-electron chi connectivity index (χ3n) is 1.70. The van der Waals surface area contributed by atoms with Crippen LogP contribution in [-0.2, 0) is 0 Å². The number of aliphatic hydroxyl groups is 1. The molecule has 1 rings (SSSR count). The molecule has 1 aromatic carbocycles. The number of ketones is 1. The van der Waals surface area contributed by atoms with Crippen LogP contribution in [0.15, 0.2) is 18.2 Å². The Morgan fingerprint density at radius 3 is 2.79 bits per heavy atom. The highest BCUT2D eigenvalue weighted by Crippen LogP contribution is 2.25. The Kier molecular flexibility index (Phi) is 3.92. The molecule has 0 bridgehead atoms. The number of aliphatic hydroxyl groups excluding tert-OH is 1. The fraction of sp³-hybridized carbons (Fsp3) is 0.300. The standard InChI is InChI=1S/C10H11ClO3/c1-2-14-10-4-3-7(5-8(10)11)9(13)6-12/h3-5,12H,2,6H2,1H3. The number of rotatable bonds is 4. The van der Waals surface area contributed by atoms with Crippen molar-refractivity contribution in [2.45, 2.75) is 6.92 Å². The van der Waals surface area contributed by atoms with Crippen LogP contribution in [0.3, 0.4) is 0 Å². The van der Waals surface area contributed by atoms with Crippen LogP contribution in [0.5, 0.6) is 5.75 Å². The molecule has 0 spiro atoms. The summed E-state index contributed by atoms with van der Waals surface area (Å²) < 4.78 is 5.20. The normalized spacial score (nSPS) is 9.93. The van der Waals surface area contributed by atoms with Gasteiger partial charge in [-0.1, -0.05) is 11.6 Å². The third kappa shape index (κ3) is 2.47. The average molecular weight is 215 g/mol. The zero-order chi connectivity index (χ0) is 10.6. The highest BCUT2D eigenvalue weighted by atomic mass is 35.5. The van der Waals surface area contributed by atoms with Crippen LogP contribution in [0, 0.1) is 0 Å². The van der Waals surface area contributed by atoms with Gasteiger partial charge in [-0.05, 0) is 25.1 Å². The second kappa shape index (κ2) is 4.98. The van der Waals surface area contributed by atoms with Crippen LogP contribution < -0.4 is 4.74 Å². The van der Waals surface area contributed by atoms with E-state index in [1.54, 1.807) is 12.1 Å². The maximum atomic E-state index is 11.1. The van der Waals surface area contributed by atoms with E-state index in [-0.39, 0.29) is 5.78 Å². The minimum Gasteiger partial charge on any atom is -0.492 e. The second-order valence-corrected chi connectivity index (χ2v) is 3.07. The Balaban J connectivity index is 2.94. The summed E-state index contributed by atoms with van der Waals surface area (Å²) in [5.41, 5.74) is 0.390. The molecule has 0 aliphatic rings. The summed E-state index contributed by atoms with van der Waals surface area (Å²) >= 11 is 5.85. The van der Waals surface area contributed by atoms with Gasteiger partial charge in [-0.3, -0.25) is 4.79 Å². The number of hydrogen-bond acceptors (Lipinski definition) is 3. The topological polar surface area (TPSA) is 46.5 Å². The Morgan fingerprint density at radius 1 is 1.57 bits per heavy atom. The highest BCUT2D eigenvalue weighted by molar-refractivity contribution is 6.32. The zero-order valence-corrected chi connectivity index (χ0v) is 8.54. The van der Waals surface area contributed by atoms with Crippen LogP contribution in [0.25, 0.3) is 0 Å². The maximum Gasteiger partial charge on any atom is 0.188 e. The first-order valence-electron chi connectivity index (χ1n) is 4.25. The van der Waals surface area contributed by atoms with E-state index in [1.807, 2.05) is 6.92 Å². The fourth-order valence-corrected chi connectivity index (χ4v) is 1.27. The van der Waals surface area contributed by atoms with Gasteiger partial charge >= 0.3 is 0 Å². The number of hydrogen-bond donors (Lipinski definition) is 1. The van der Waals surface area contributed by atoms with Gasteiger partial charge in [0.15, 0.2) is 5.78 Å². The predicted molar refractivity (Wildman–Crippen MR) is 54.0 cm³/mol. The van der Waals surface area contributed by atoms with Gasteiger partial charge in [0, 0.05) is 5.56 Å². The summed E-state index contributed by atoms with van der Waals surface area (Å²) in [7, 11) is 0. The minimum absolute atomic E-state index is 0.352. The van der Waals surface area contributed by atoms with Gasteiger partial charge in [0.2, 0.25) is 0 Å². The first kappa shape index (κ1) is 11.0. The summed E-state index contributed by atoms with van der Waals surface area (Å²) in [6.07, 6.45) is 0. The van der Waals surface area contributed by atoms with E-state index in [1.165, 1.54) is 6.07 Å². The molecule has 0 saturated heterocycles. The van der Waals surface area contributed by atoms with Crippen LogP contribution in [0.4, 0.5) is 0 Å². The van der Waals surface area contributed by atoms with Gasteiger partial charge in [-0.25, -0.2) is 0 Å². The van der Waals surface area contributed by atoms with E-state index in [4.69, 9.17) is 21.4 Å². The molecule has 76 valence electrons. The molecule has 1 N–H and O–H groups in total. The number of ether oxygens (including phenoxy) is 1. The molecule has 1 aromatic rings. The van der Waals surface area contributed by atoms with Crippen molar-refractivity contribution in [1.29, 1.82) is 0 Å². The molecule has 14 heavy (non-hydrogen) atoms. The van der Waals surface area contributed by atoms with E-state index >= 15 is 0 Å². The lowest BCUT2D eigenvalue weighted by Gasteiger charge is -2.06. The zero-order valence-electron chi connectivity index (χ0n) is 7.79. The smallest absolute Gasteiger partial charge is 0.188 e. The molecule has 0 aromatic heterocycles. The lowest BCUT2D eigenvalue weighted by molar-refractivity contribution is 0.0903. The molecule has 0 atom stereocenters. The van der Waals surface area contributed by atoms with Crippen LogP contribution in [0.1, 0.15) is 17.3 Å². The number of Topliss-reactive ketones (excluding diaryl/α,β-unsaturated/α-hetero) is 1. The van der Waals surface area contributed by atoms with Crippen molar-refractivity contribution >= 4 is 17.4 Å². The minimum atomic E-state index is -0.510. The molecule has 0 unspecified atom stereocenters. The van der Waals surface area contributed by atoms with Crippen molar-refractivity contribution in [2.24, 2.45) is 0 Å². The Labute approximate surface area is 87.3 Å². The van der Waals surface area contributed by atoms with Crippen LogP contribution >= 0.6 is 11.6 Å². The van der Waals surface area contributed by atoms with Gasteiger partial charge in [0.1, 0.15) is 12.4 Å². The first-order chi connectivity index (χ1) is 6.69. The lowest BCUT2D eigenvalue weighted by atomic mass is 10.1. The quantitative estimate of drug-likeness (QED) is 0.779. The summed E-state index contributed by atoms with van der Waals surface area (Å²) in [4.78, 5) is 11.1. The van der Waals surface area contributed by atoms with E-state index in [0.29, 0.717) is 22.9 Å². The number of benzene rings is 1. The second-order valence-electron chi connectivity index (χ2n) is 2.66. The van der Waals surface area contributed by atoms with E-state index in [2.05, 4.69) is 0 Å². The van der Waals surface area contributed by atoms with Crippen LogP contribution in [-0.4, -0.2) is 24.1 Å². The van der Waals surface area contributed by atoms with Gasteiger partial charge in [0.05, 0.1) is 11.6 Å². The summed E-state index contributed by atoms with van der Waals surface area (Å²) in [5, 5.41) is 9.01. The molecule has 4 heteroatoms. The maximum absolute atomic E-state index is 11.1. The van der Waals surface area contributed by atoms with Crippen molar-refractivity contribution in [3.63, 3.8) is 0 Å². The monoisotopic (exact) mass is 214 g/mol. The summed E-state index contributed by atoms with van der Waals surface area (Å²) in [6.45, 7) is 1.86. The predicted octanol–water partition coefficient (Wildman–Crippen LogP) is 1.91. The Hall–Kier alpha value is -1.06. The molecule has 0 amide bonds. The van der Waals surface area contributed by atoms with Crippen molar-refractivity contribution in [3.05, 3.63) is 28.8 Å². The average Bonchev–Trinajstić information content (AvgIpc) is 2.20. The molecular formula is C10H11ClO3. The van der Waals surface area contributed by atoms with Crippen LogP contribution in [0.2, 0.25) is 5.02 Å². The van der Waals surface area contributed by atoms with Crippen molar-refractivity contribution in [2.75, 3.05) is 13.2 Å². The largest absolute Gasteiger partial charge is 0.492 e. The summed E-state index contributed by atoms with van der Waals surface area (Å²) in [5.74, 6) is 0.193. The SMILES string of the molecule is CCOc1ccc(C(=O)CO)cc1Cl.